The van der Waals surface area contributed by atoms with Crippen LogP contribution in [0.25, 0.3) is 0 Å². The molecular formula is C18H16N2O3S. The maximum atomic E-state index is 12.9. The van der Waals surface area contributed by atoms with Gasteiger partial charge in [0, 0.05) is 17.8 Å². The average Bonchev–Trinajstić information content (AvgIpc) is 3.15. The second-order valence-corrected chi connectivity index (χ2v) is 7.66. The topological polar surface area (TPSA) is 79.9 Å². The van der Waals surface area contributed by atoms with Crippen molar-refractivity contribution in [3.05, 3.63) is 66.0 Å². The first-order valence-corrected chi connectivity index (χ1v) is 9.21. The maximum absolute atomic E-state index is 12.9. The summed E-state index contributed by atoms with van der Waals surface area (Å²) < 4.78 is 26.6. The number of fused-ring (bicyclic) bond motifs is 1. The predicted octanol–water partition coefficient (Wildman–Crippen LogP) is 2.69. The molecule has 5 nitrogen and oxygen atoms in total. The second-order valence-electron chi connectivity index (χ2n) is 5.66. The molecule has 0 fully saturated rings. The summed E-state index contributed by atoms with van der Waals surface area (Å²) in [6, 6.07) is 11.9. The van der Waals surface area contributed by atoms with Crippen LogP contribution in [0.2, 0.25) is 0 Å². The summed E-state index contributed by atoms with van der Waals surface area (Å²) in [5, 5.41) is 9.15. The molecule has 0 aliphatic carbocycles. The summed E-state index contributed by atoms with van der Waals surface area (Å²) in [5.74, 6) is -0.783. The van der Waals surface area contributed by atoms with Crippen LogP contribution >= 0.6 is 0 Å². The van der Waals surface area contributed by atoms with Gasteiger partial charge < -0.3 is 4.57 Å². The number of sulfone groups is 1. The van der Waals surface area contributed by atoms with E-state index < -0.39 is 9.84 Å². The molecule has 0 amide bonds. The smallest absolute Gasteiger partial charge is 0.210 e. The Morgan fingerprint density at radius 1 is 1.33 bits per heavy atom. The van der Waals surface area contributed by atoms with Crippen molar-refractivity contribution in [1.29, 1.82) is 5.26 Å². The first kappa shape index (κ1) is 16.2. The summed E-state index contributed by atoms with van der Waals surface area (Å²) in [4.78, 5) is 13.0. The van der Waals surface area contributed by atoms with Crippen LogP contribution in [0.1, 0.15) is 34.1 Å². The SMILES string of the molecule is C=CCS(=O)(=O)c1ccccc1C(=O)c1ccc2n1CCC2C#N. The van der Waals surface area contributed by atoms with Crippen LogP contribution in [0.3, 0.4) is 0 Å². The van der Waals surface area contributed by atoms with Crippen molar-refractivity contribution in [2.45, 2.75) is 23.8 Å². The fourth-order valence-corrected chi connectivity index (χ4v) is 4.35. The van der Waals surface area contributed by atoms with Gasteiger partial charge in [-0.1, -0.05) is 18.2 Å². The normalized spacial score (nSPS) is 16.4. The standard InChI is InChI=1S/C18H16N2O3S/c1-2-11-24(22,23)17-6-4-3-5-14(17)18(21)16-8-7-15-13(12-19)9-10-20(15)16/h2-8,13H,1,9-11H2. The molecular weight excluding hydrogens is 324 g/mol. The number of carbonyl (C=O) groups excluding carboxylic acids is 1. The minimum absolute atomic E-state index is 0.0141. The first-order chi connectivity index (χ1) is 11.5. The van der Waals surface area contributed by atoms with Crippen LogP contribution in [0.15, 0.2) is 53.9 Å². The van der Waals surface area contributed by atoms with Crippen LogP contribution in [0.5, 0.6) is 0 Å². The monoisotopic (exact) mass is 340 g/mol. The van der Waals surface area contributed by atoms with Gasteiger partial charge in [0.15, 0.2) is 9.84 Å². The molecule has 0 spiro atoms. The van der Waals surface area contributed by atoms with E-state index in [1.165, 1.54) is 18.2 Å². The second kappa shape index (κ2) is 6.10. The van der Waals surface area contributed by atoms with Gasteiger partial charge >= 0.3 is 0 Å². The van der Waals surface area contributed by atoms with E-state index in [9.17, 15) is 13.2 Å². The Morgan fingerprint density at radius 3 is 2.79 bits per heavy atom. The zero-order chi connectivity index (χ0) is 17.3. The van der Waals surface area contributed by atoms with Gasteiger partial charge in [0.1, 0.15) is 0 Å². The van der Waals surface area contributed by atoms with E-state index in [2.05, 4.69) is 12.6 Å². The van der Waals surface area contributed by atoms with E-state index in [1.54, 1.807) is 24.3 Å². The molecule has 1 aliphatic heterocycles. The molecule has 1 aromatic heterocycles. The summed E-state index contributed by atoms with van der Waals surface area (Å²) in [7, 11) is -3.61. The van der Waals surface area contributed by atoms with Gasteiger partial charge in [0.2, 0.25) is 5.78 Å². The van der Waals surface area contributed by atoms with Crippen LogP contribution in [0, 0.1) is 11.3 Å². The molecule has 1 aromatic carbocycles. The molecule has 0 saturated heterocycles. The number of aromatic nitrogens is 1. The van der Waals surface area contributed by atoms with Gasteiger partial charge in [-0.15, -0.1) is 6.58 Å². The van der Waals surface area contributed by atoms with E-state index in [-0.39, 0.29) is 27.9 Å². The highest BCUT2D eigenvalue weighted by molar-refractivity contribution is 7.91. The van der Waals surface area contributed by atoms with Crippen molar-refractivity contribution in [3.8, 4) is 6.07 Å². The molecule has 0 radical (unpaired) electrons. The Labute approximate surface area is 140 Å². The Hall–Kier alpha value is -2.65. The van der Waals surface area contributed by atoms with Crippen molar-refractivity contribution in [3.63, 3.8) is 0 Å². The lowest BCUT2D eigenvalue weighted by molar-refractivity contribution is 0.102. The highest BCUT2D eigenvalue weighted by Gasteiger charge is 2.29. The van der Waals surface area contributed by atoms with E-state index in [0.29, 0.717) is 18.7 Å². The van der Waals surface area contributed by atoms with Crippen molar-refractivity contribution in [2.75, 3.05) is 5.75 Å². The summed E-state index contributed by atoms with van der Waals surface area (Å²) in [5.41, 5.74) is 1.39. The van der Waals surface area contributed by atoms with Crippen LogP contribution in [0.4, 0.5) is 0 Å². The van der Waals surface area contributed by atoms with Gasteiger partial charge in [-0.25, -0.2) is 8.42 Å². The molecule has 1 aliphatic rings. The Kier molecular flexibility index (Phi) is 4.12. The van der Waals surface area contributed by atoms with E-state index in [1.807, 2.05) is 4.57 Å². The number of carbonyl (C=O) groups is 1. The lowest BCUT2D eigenvalue weighted by Gasteiger charge is -2.10. The molecule has 1 atom stereocenters. The van der Waals surface area contributed by atoms with Gasteiger partial charge in [-0.2, -0.15) is 5.26 Å². The molecule has 2 heterocycles. The van der Waals surface area contributed by atoms with Crippen LogP contribution < -0.4 is 0 Å². The Morgan fingerprint density at radius 2 is 2.08 bits per heavy atom. The molecule has 0 saturated carbocycles. The number of hydrogen-bond acceptors (Lipinski definition) is 4. The zero-order valence-corrected chi connectivity index (χ0v) is 13.8. The Balaban J connectivity index is 2.08. The van der Waals surface area contributed by atoms with E-state index in [0.717, 1.165) is 5.69 Å². The predicted molar refractivity (Wildman–Crippen MR) is 89.5 cm³/mol. The fourth-order valence-electron chi connectivity index (χ4n) is 3.08. The number of nitriles is 1. The number of ketones is 1. The average molecular weight is 340 g/mol. The highest BCUT2D eigenvalue weighted by atomic mass is 32.2. The van der Waals surface area contributed by atoms with Gasteiger partial charge in [0.05, 0.1) is 28.3 Å². The lowest BCUT2D eigenvalue weighted by Crippen LogP contribution is -2.15. The third-order valence-corrected chi connectivity index (χ3v) is 5.91. The summed E-state index contributed by atoms with van der Waals surface area (Å²) in [6.07, 6.45) is 1.98. The van der Waals surface area contributed by atoms with Crippen LogP contribution in [-0.2, 0) is 16.4 Å². The first-order valence-electron chi connectivity index (χ1n) is 7.56. The van der Waals surface area contributed by atoms with Gasteiger partial charge in [0.25, 0.3) is 0 Å². The molecule has 0 bridgehead atoms. The molecule has 0 N–H and O–H groups in total. The molecule has 1 unspecified atom stereocenters. The number of hydrogen-bond donors (Lipinski definition) is 0. The number of rotatable bonds is 5. The van der Waals surface area contributed by atoms with Crippen molar-refractivity contribution in [2.24, 2.45) is 0 Å². The quantitative estimate of drug-likeness (QED) is 0.619. The fraction of sp³-hybridized carbons (Fsp3) is 0.222. The van der Waals surface area contributed by atoms with Crippen molar-refractivity contribution < 1.29 is 13.2 Å². The molecule has 3 rings (SSSR count). The lowest BCUT2D eigenvalue weighted by atomic mass is 10.1. The van der Waals surface area contributed by atoms with Gasteiger partial charge in [-0.3, -0.25) is 4.79 Å². The van der Waals surface area contributed by atoms with Gasteiger partial charge in [-0.05, 0) is 30.7 Å². The maximum Gasteiger partial charge on any atom is 0.210 e. The minimum atomic E-state index is -3.61. The van der Waals surface area contributed by atoms with Crippen LogP contribution in [-0.4, -0.2) is 24.5 Å². The zero-order valence-electron chi connectivity index (χ0n) is 13.0. The summed E-state index contributed by atoms with van der Waals surface area (Å²) >= 11 is 0. The molecule has 24 heavy (non-hydrogen) atoms. The minimum Gasteiger partial charge on any atom is -0.341 e. The molecule has 2 aromatic rings. The number of nitrogens with zero attached hydrogens (tertiary/aromatic N) is 2. The third-order valence-electron chi connectivity index (χ3n) is 4.21. The van der Waals surface area contributed by atoms with E-state index in [4.69, 9.17) is 5.26 Å². The highest BCUT2D eigenvalue weighted by Crippen LogP contribution is 2.31. The summed E-state index contributed by atoms with van der Waals surface area (Å²) in [6.45, 7) is 4.05. The van der Waals surface area contributed by atoms with Crippen molar-refractivity contribution >= 4 is 15.6 Å². The third kappa shape index (κ3) is 2.57. The van der Waals surface area contributed by atoms with Crippen molar-refractivity contribution in [1.82, 2.24) is 4.57 Å². The molecule has 122 valence electrons. The number of benzene rings is 1. The van der Waals surface area contributed by atoms with E-state index >= 15 is 0 Å². The Bertz CT molecular complexity index is 964. The molecule has 6 heteroatoms. The largest absolute Gasteiger partial charge is 0.341 e.